The molecule has 0 aliphatic heterocycles. The smallest absolute Gasteiger partial charge is 0.237 e. The van der Waals surface area contributed by atoms with Gasteiger partial charge in [-0.2, -0.15) is 0 Å². The average molecular weight is 273 g/mol. The summed E-state index contributed by atoms with van der Waals surface area (Å²) in [4.78, 5) is 4.27. The van der Waals surface area contributed by atoms with Crippen molar-refractivity contribution in [3.8, 4) is 0 Å². The van der Waals surface area contributed by atoms with Crippen molar-refractivity contribution in [3.63, 3.8) is 0 Å². The Hall–Kier alpha value is -0.660. The predicted octanol–water partition coefficient (Wildman–Crippen LogP) is 1.46. The lowest BCUT2D eigenvalue weighted by Gasteiger charge is -2.05. The molecular formula is C10H15N3O2S2. The lowest BCUT2D eigenvalue weighted by atomic mass is 10.1. The van der Waals surface area contributed by atoms with E-state index in [1.54, 1.807) is 0 Å². The van der Waals surface area contributed by atoms with Gasteiger partial charge in [-0.1, -0.05) is 0 Å². The van der Waals surface area contributed by atoms with Crippen LogP contribution in [-0.2, 0) is 10.0 Å². The van der Waals surface area contributed by atoms with Crippen LogP contribution in [0.5, 0.6) is 0 Å². The zero-order chi connectivity index (χ0) is 12.0. The molecule has 17 heavy (non-hydrogen) atoms. The van der Waals surface area contributed by atoms with Crippen LogP contribution in [-0.4, -0.2) is 18.7 Å². The average Bonchev–Trinajstić information content (AvgIpc) is 3.12. The summed E-state index contributed by atoms with van der Waals surface area (Å²) >= 11 is 1.31. The Labute approximate surface area is 104 Å². The number of nitrogens with zero attached hydrogens (tertiary/aromatic N) is 1. The van der Waals surface area contributed by atoms with Gasteiger partial charge in [-0.15, -0.1) is 11.3 Å². The highest BCUT2D eigenvalue weighted by molar-refractivity contribution is 7.93. The molecule has 1 aromatic heterocycles. The number of hydrogen-bond acceptors (Lipinski definition) is 5. The van der Waals surface area contributed by atoms with Crippen molar-refractivity contribution in [2.24, 2.45) is 11.7 Å². The first-order valence-electron chi connectivity index (χ1n) is 5.79. The molecule has 2 aliphatic rings. The number of rotatable bonds is 5. The zero-order valence-corrected chi connectivity index (χ0v) is 10.9. The number of sulfonamides is 1. The van der Waals surface area contributed by atoms with Crippen LogP contribution in [0.3, 0.4) is 0 Å². The van der Waals surface area contributed by atoms with E-state index in [-0.39, 0.29) is 11.3 Å². The minimum absolute atomic E-state index is 0.0366. The van der Waals surface area contributed by atoms with Crippen LogP contribution in [0.4, 0.5) is 5.13 Å². The summed E-state index contributed by atoms with van der Waals surface area (Å²) in [7, 11) is -3.20. The number of aromatic nitrogens is 1. The Kier molecular flexibility index (Phi) is 2.64. The molecule has 0 spiro atoms. The van der Waals surface area contributed by atoms with Gasteiger partial charge in [-0.05, 0) is 31.6 Å². The molecule has 2 fully saturated rings. The van der Waals surface area contributed by atoms with Crippen molar-refractivity contribution in [2.45, 2.75) is 37.0 Å². The first-order valence-corrected chi connectivity index (χ1v) is 8.21. The number of nitrogens with one attached hydrogen (secondary N) is 1. The molecule has 2 saturated carbocycles. The minimum Gasteiger partial charge on any atom is -0.322 e. The fourth-order valence-corrected chi connectivity index (χ4v) is 4.12. The zero-order valence-electron chi connectivity index (χ0n) is 9.30. The van der Waals surface area contributed by atoms with Crippen LogP contribution >= 0.6 is 11.3 Å². The molecule has 0 amide bonds. The van der Waals surface area contributed by atoms with Gasteiger partial charge in [0, 0.05) is 5.38 Å². The van der Waals surface area contributed by atoms with E-state index in [0.29, 0.717) is 11.0 Å². The van der Waals surface area contributed by atoms with Crippen molar-refractivity contribution >= 4 is 26.5 Å². The molecule has 0 aromatic carbocycles. The second kappa shape index (κ2) is 3.93. The number of nitrogens with two attached hydrogens (primary N) is 1. The maximum absolute atomic E-state index is 11.7. The molecule has 94 valence electrons. The molecule has 3 N–H and O–H groups in total. The van der Waals surface area contributed by atoms with Crippen LogP contribution in [0.1, 0.15) is 37.4 Å². The van der Waals surface area contributed by atoms with E-state index in [1.807, 2.05) is 5.38 Å². The van der Waals surface area contributed by atoms with Gasteiger partial charge < -0.3 is 5.73 Å². The number of hydrogen-bond donors (Lipinski definition) is 2. The van der Waals surface area contributed by atoms with Crippen molar-refractivity contribution in [1.29, 1.82) is 0 Å². The topological polar surface area (TPSA) is 85.1 Å². The van der Waals surface area contributed by atoms with Gasteiger partial charge >= 0.3 is 0 Å². The van der Waals surface area contributed by atoms with E-state index in [9.17, 15) is 8.42 Å². The maximum atomic E-state index is 11.7. The van der Waals surface area contributed by atoms with Crippen LogP contribution < -0.4 is 10.5 Å². The van der Waals surface area contributed by atoms with E-state index in [0.717, 1.165) is 31.4 Å². The van der Waals surface area contributed by atoms with Gasteiger partial charge in [0.05, 0.1) is 17.0 Å². The Morgan fingerprint density at radius 1 is 1.41 bits per heavy atom. The molecule has 1 unspecified atom stereocenters. The number of thiazole rings is 1. The third-order valence-electron chi connectivity index (χ3n) is 3.19. The van der Waals surface area contributed by atoms with E-state index >= 15 is 0 Å². The van der Waals surface area contributed by atoms with Gasteiger partial charge in [0.1, 0.15) is 0 Å². The summed E-state index contributed by atoms with van der Waals surface area (Å²) in [6, 6.07) is -0.0366. The molecule has 1 aromatic rings. The SMILES string of the molecule is NC(c1csc(NS(=O)(=O)C2CC2)n1)C1CC1. The Balaban J connectivity index is 1.71. The molecule has 1 atom stereocenters. The second-order valence-corrected chi connectivity index (χ2v) is 7.61. The van der Waals surface area contributed by atoms with E-state index in [2.05, 4.69) is 9.71 Å². The highest BCUT2D eigenvalue weighted by Crippen LogP contribution is 2.40. The molecule has 1 heterocycles. The second-order valence-electron chi connectivity index (χ2n) is 4.79. The van der Waals surface area contributed by atoms with Gasteiger partial charge in [0.25, 0.3) is 0 Å². The monoisotopic (exact) mass is 273 g/mol. The fraction of sp³-hybridized carbons (Fsp3) is 0.700. The Morgan fingerprint density at radius 2 is 2.12 bits per heavy atom. The molecule has 3 rings (SSSR count). The van der Waals surface area contributed by atoms with Gasteiger partial charge in [-0.25, -0.2) is 13.4 Å². The lowest BCUT2D eigenvalue weighted by molar-refractivity contribution is 0.599. The summed E-state index contributed by atoms with van der Waals surface area (Å²) < 4.78 is 26.0. The summed E-state index contributed by atoms with van der Waals surface area (Å²) in [5.74, 6) is 0.532. The Bertz CT molecular complexity index is 517. The molecule has 0 bridgehead atoms. The third kappa shape index (κ3) is 2.46. The highest BCUT2D eigenvalue weighted by atomic mass is 32.2. The standard InChI is InChI=1S/C10H15N3O2S2/c11-9(6-1-2-6)8-5-16-10(12-8)13-17(14,15)7-3-4-7/h5-7,9H,1-4,11H2,(H,12,13). The lowest BCUT2D eigenvalue weighted by Crippen LogP contribution is -2.18. The maximum Gasteiger partial charge on any atom is 0.237 e. The normalized spacial score (nSPS) is 22.4. The van der Waals surface area contributed by atoms with Gasteiger partial charge in [-0.3, -0.25) is 4.72 Å². The molecule has 7 heteroatoms. The quantitative estimate of drug-likeness (QED) is 0.850. The van der Waals surface area contributed by atoms with Gasteiger partial charge in [0.15, 0.2) is 5.13 Å². The van der Waals surface area contributed by atoms with Crippen molar-refractivity contribution in [2.75, 3.05) is 4.72 Å². The van der Waals surface area contributed by atoms with Crippen molar-refractivity contribution in [1.82, 2.24) is 4.98 Å². The van der Waals surface area contributed by atoms with Crippen LogP contribution in [0.25, 0.3) is 0 Å². The van der Waals surface area contributed by atoms with E-state index in [1.165, 1.54) is 11.3 Å². The summed E-state index contributed by atoms with van der Waals surface area (Å²) in [5.41, 5.74) is 6.83. The number of anilines is 1. The summed E-state index contributed by atoms with van der Waals surface area (Å²) in [6.07, 6.45) is 3.83. The fourth-order valence-electron chi connectivity index (χ4n) is 1.77. The predicted molar refractivity (Wildman–Crippen MR) is 67.3 cm³/mol. The molecule has 0 radical (unpaired) electrons. The van der Waals surface area contributed by atoms with Crippen molar-refractivity contribution in [3.05, 3.63) is 11.1 Å². The minimum atomic E-state index is -3.20. The van der Waals surface area contributed by atoms with Crippen molar-refractivity contribution < 1.29 is 8.42 Å². The van der Waals surface area contributed by atoms with Gasteiger partial charge in [0.2, 0.25) is 10.0 Å². The van der Waals surface area contributed by atoms with Crippen LogP contribution in [0, 0.1) is 5.92 Å². The molecule has 2 aliphatic carbocycles. The van der Waals surface area contributed by atoms with Crippen LogP contribution in [0.15, 0.2) is 5.38 Å². The van der Waals surface area contributed by atoms with E-state index in [4.69, 9.17) is 5.73 Å². The largest absolute Gasteiger partial charge is 0.322 e. The molecule has 0 saturated heterocycles. The Morgan fingerprint density at radius 3 is 2.71 bits per heavy atom. The van der Waals surface area contributed by atoms with E-state index < -0.39 is 10.0 Å². The first-order chi connectivity index (χ1) is 8.06. The molecule has 5 nitrogen and oxygen atoms in total. The molecular weight excluding hydrogens is 258 g/mol. The summed E-state index contributed by atoms with van der Waals surface area (Å²) in [6.45, 7) is 0. The highest BCUT2D eigenvalue weighted by Gasteiger charge is 2.36. The summed E-state index contributed by atoms with van der Waals surface area (Å²) in [5, 5.41) is 2.09. The third-order valence-corrected chi connectivity index (χ3v) is 5.92. The van der Waals surface area contributed by atoms with Crippen LogP contribution in [0.2, 0.25) is 0 Å². The first kappa shape index (κ1) is 11.4.